The Morgan fingerprint density at radius 1 is 1.35 bits per heavy atom. The molecule has 1 atom stereocenters. The van der Waals surface area contributed by atoms with Gasteiger partial charge in [0.1, 0.15) is 5.84 Å². The number of likely N-dealkylation sites (N-methyl/N-ethyl adjacent to an activating group) is 1. The van der Waals surface area contributed by atoms with Crippen LogP contribution in [0.5, 0.6) is 0 Å². The molecule has 1 unspecified atom stereocenters. The van der Waals surface area contributed by atoms with Crippen molar-refractivity contribution in [2.75, 3.05) is 26.2 Å². The molecule has 0 bridgehead atoms. The Morgan fingerprint density at radius 3 is 2.65 bits per heavy atom. The SMILES string of the molecule is CCC1CN(C(CC#N)=NC#N)CCN1CC. The van der Waals surface area contributed by atoms with E-state index in [2.05, 4.69) is 34.7 Å². The van der Waals surface area contributed by atoms with Gasteiger partial charge in [-0.2, -0.15) is 15.5 Å². The molecule has 1 saturated heterocycles. The average molecular weight is 233 g/mol. The Bertz CT molecular complexity index is 349. The van der Waals surface area contributed by atoms with Gasteiger partial charge in [0.2, 0.25) is 6.19 Å². The van der Waals surface area contributed by atoms with Gasteiger partial charge in [0.15, 0.2) is 0 Å². The second-order valence-corrected chi connectivity index (χ2v) is 4.10. The zero-order valence-electron chi connectivity index (χ0n) is 10.6. The molecule has 1 aliphatic heterocycles. The predicted octanol–water partition coefficient (Wildman–Crippen LogP) is 1.20. The number of nitrogens with zero attached hydrogens (tertiary/aromatic N) is 5. The van der Waals surface area contributed by atoms with Gasteiger partial charge in [0.25, 0.3) is 0 Å². The van der Waals surface area contributed by atoms with Crippen molar-refractivity contribution >= 4 is 5.84 Å². The lowest BCUT2D eigenvalue weighted by Gasteiger charge is -2.41. The van der Waals surface area contributed by atoms with E-state index in [9.17, 15) is 0 Å². The summed E-state index contributed by atoms with van der Waals surface area (Å²) in [6.45, 7) is 8.08. The number of hydrogen-bond acceptors (Lipinski definition) is 4. The molecule has 0 spiro atoms. The van der Waals surface area contributed by atoms with Crippen LogP contribution < -0.4 is 0 Å². The number of rotatable bonds is 3. The summed E-state index contributed by atoms with van der Waals surface area (Å²) in [5.74, 6) is 0.615. The highest BCUT2D eigenvalue weighted by Gasteiger charge is 2.26. The molecule has 0 aliphatic carbocycles. The molecule has 0 saturated carbocycles. The van der Waals surface area contributed by atoms with E-state index in [-0.39, 0.29) is 6.42 Å². The van der Waals surface area contributed by atoms with E-state index in [0.717, 1.165) is 32.6 Å². The molecule has 0 radical (unpaired) electrons. The Morgan fingerprint density at radius 2 is 2.12 bits per heavy atom. The second kappa shape index (κ2) is 6.88. The van der Waals surface area contributed by atoms with Crippen LogP contribution in [0.3, 0.4) is 0 Å². The van der Waals surface area contributed by atoms with E-state index in [1.807, 2.05) is 0 Å². The quantitative estimate of drug-likeness (QED) is 0.417. The van der Waals surface area contributed by atoms with Crippen LogP contribution in [0.15, 0.2) is 4.99 Å². The molecule has 92 valence electrons. The van der Waals surface area contributed by atoms with Crippen molar-refractivity contribution in [2.45, 2.75) is 32.7 Å². The number of nitriles is 2. The first-order chi connectivity index (χ1) is 8.26. The van der Waals surface area contributed by atoms with E-state index >= 15 is 0 Å². The largest absolute Gasteiger partial charge is 0.356 e. The summed E-state index contributed by atoms with van der Waals surface area (Å²) in [6.07, 6.45) is 3.09. The summed E-state index contributed by atoms with van der Waals surface area (Å²) < 4.78 is 0. The highest BCUT2D eigenvalue weighted by atomic mass is 15.3. The monoisotopic (exact) mass is 233 g/mol. The fourth-order valence-corrected chi connectivity index (χ4v) is 2.28. The Kier molecular flexibility index (Phi) is 5.45. The molecule has 1 rings (SSSR count). The van der Waals surface area contributed by atoms with Crippen molar-refractivity contribution < 1.29 is 0 Å². The minimum absolute atomic E-state index is 0.218. The lowest BCUT2D eigenvalue weighted by molar-refractivity contribution is 0.114. The fourth-order valence-electron chi connectivity index (χ4n) is 2.28. The first-order valence-electron chi connectivity index (χ1n) is 6.08. The maximum absolute atomic E-state index is 8.74. The molecule has 1 heterocycles. The standard InChI is InChI=1S/C12H19N5/c1-3-11-9-17(8-7-16(11)4-2)12(5-6-13)15-10-14/h11H,3-5,7-9H2,1-2H3. The summed E-state index contributed by atoms with van der Waals surface area (Å²) in [4.78, 5) is 8.28. The van der Waals surface area contributed by atoms with Gasteiger partial charge >= 0.3 is 0 Å². The summed E-state index contributed by atoms with van der Waals surface area (Å²) in [7, 11) is 0. The number of piperazine rings is 1. The Balaban J connectivity index is 2.71. The first-order valence-corrected chi connectivity index (χ1v) is 6.08. The van der Waals surface area contributed by atoms with Crippen molar-refractivity contribution in [2.24, 2.45) is 4.99 Å². The number of aliphatic imine (C=N–C) groups is 1. The molecular formula is C12H19N5. The second-order valence-electron chi connectivity index (χ2n) is 4.10. The molecule has 0 aromatic heterocycles. The molecule has 0 N–H and O–H groups in total. The van der Waals surface area contributed by atoms with Crippen molar-refractivity contribution in [1.82, 2.24) is 9.80 Å². The topological polar surface area (TPSA) is 66.4 Å². The third kappa shape index (κ3) is 3.44. The average Bonchev–Trinajstić information content (AvgIpc) is 2.37. The van der Waals surface area contributed by atoms with Gasteiger partial charge in [-0.3, -0.25) is 4.90 Å². The van der Waals surface area contributed by atoms with E-state index in [4.69, 9.17) is 10.5 Å². The molecular weight excluding hydrogens is 214 g/mol. The minimum atomic E-state index is 0.218. The highest BCUT2D eigenvalue weighted by Crippen LogP contribution is 2.13. The molecule has 0 amide bonds. The summed E-state index contributed by atoms with van der Waals surface area (Å²) >= 11 is 0. The Labute approximate surface area is 103 Å². The third-order valence-corrected chi connectivity index (χ3v) is 3.26. The van der Waals surface area contributed by atoms with Crippen LogP contribution in [0.25, 0.3) is 0 Å². The maximum Gasteiger partial charge on any atom is 0.207 e. The molecule has 0 aromatic carbocycles. The van der Waals surface area contributed by atoms with Crippen molar-refractivity contribution in [3.63, 3.8) is 0 Å². The summed E-state index contributed by atoms with van der Waals surface area (Å²) in [5, 5.41) is 17.4. The van der Waals surface area contributed by atoms with Gasteiger partial charge in [-0.05, 0) is 13.0 Å². The zero-order chi connectivity index (χ0) is 12.7. The van der Waals surface area contributed by atoms with E-state index < -0.39 is 0 Å². The number of hydrogen-bond donors (Lipinski definition) is 0. The molecule has 1 fully saturated rings. The smallest absolute Gasteiger partial charge is 0.207 e. The predicted molar refractivity (Wildman–Crippen MR) is 66.2 cm³/mol. The van der Waals surface area contributed by atoms with Gasteiger partial charge in [0.05, 0.1) is 12.5 Å². The van der Waals surface area contributed by atoms with E-state index in [1.54, 1.807) is 6.19 Å². The number of amidine groups is 1. The van der Waals surface area contributed by atoms with Crippen LogP contribution in [-0.2, 0) is 0 Å². The van der Waals surface area contributed by atoms with Crippen molar-refractivity contribution in [3.8, 4) is 12.3 Å². The highest BCUT2D eigenvalue weighted by molar-refractivity contribution is 5.85. The molecule has 0 aromatic rings. The van der Waals surface area contributed by atoms with Gasteiger partial charge in [0, 0.05) is 25.7 Å². The summed E-state index contributed by atoms with van der Waals surface area (Å²) in [5.41, 5.74) is 0. The van der Waals surface area contributed by atoms with Gasteiger partial charge in [-0.1, -0.05) is 13.8 Å². The van der Waals surface area contributed by atoms with Crippen LogP contribution in [0, 0.1) is 22.8 Å². The maximum atomic E-state index is 8.74. The van der Waals surface area contributed by atoms with Crippen LogP contribution in [0.1, 0.15) is 26.7 Å². The normalized spacial score (nSPS) is 22.0. The van der Waals surface area contributed by atoms with Gasteiger partial charge in [-0.25, -0.2) is 0 Å². The lowest BCUT2D eigenvalue weighted by Crippen LogP contribution is -2.54. The summed E-state index contributed by atoms with van der Waals surface area (Å²) in [6, 6.07) is 2.57. The van der Waals surface area contributed by atoms with Gasteiger partial charge in [-0.15, -0.1) is 0 Å². The van der Waals surface area contributed by atoms with E-state index in [1.165, 1.54) is 0 Å². The lowest BCUT2D eigenvalue weighted by atomic mass is 10.1. The van der Waals surface area contributed by atoms with E-state index in [0.29, 0.717) is 11.9 Å². The molecule has 5 heteroatoms. The van der Waals surface area contributed by atoms with Crippen LogP contribution >= 0.6 is 0 Å². The third-order valence-electron chi connectivity index (χ3n) is 3.26. The molecule has 5 nitrogen and oxygen atoms in total. The molecule has 1 aliphatic rings. The van der Waals surface area contributed by atoms with Crippen molar-refractivity contribution in [1.29, 1.82) is 10.5 Å². The van der Waals surface area contributed by atoms with Crippen LogP contribution in [0.4, 0.5) is 0 Å². The van der Waals surface area contributed by atoms with Crippen LogP contribution in [0.2, 0.25) is 0 Å². The minimum Gasteiger partial charge on any atom is -0.356 e. The first kappa shape index (κ1) is 13.5. The van der Waals surface area contributed by atoms with Crippen LogP contribution in [-0.4, -0.2) is 47.9 Å². The zero-order valence-corrected chi connectivity index (χ0v) is 10.6. The fraction of sp³-hybridized carbons (Fsp3) is 0.750. The molecule has 17 heavy (non-hydrogen) atoms. The Hall–Kier alpha value is -1.59. The van der Waals surface area contributed by atoms with Gasteiger partial charge < -0.3 is 4.90 Å². The van der Waals surface area contributed by atoms with Crippen molar-refractivity contribution in [3.05, 3.63) is 0 Å².